The molecule has 0 radical (unpaired) electrons. The zero-order chi connectivity index (χ0) is 16.8. The molecule has 0 unspecified atom stereocenters. The predicted molar refractivity (Wildman–Crippen MR) is 87.6 cm³/mol. The summed E-state index contributed by atoms with van der Waals surface area (Å²) in [6.07, 6.45) is 1.01. The summed E-state index contributed by atoms with van der Waals surface area (Å²) in [5.74, 6) is -0.0672. The van der Waals surface area contributed by atoms with Gasteiger partial charge >= 0.3 is 6.09 Å². The fourth-order valence-electron chi connectivity index (χ4n) is 3.25. The fraction of sp³-hybridized carbons (Fsp3) is 0.529. The number of carbonyl (C=O) groups excluding carboxylic acids is 2. The maximum Gasteiger partial charge on any atom is 0.410 e. The highest BCUT2D eigenvalue weighted by Crippen LogP contribution is 2.40. The van der Waals surface area contributed by atoms with Crippen LogP contribution in [0.2, 0.25) is 5.02 Å². The third-order valence-corrected chi connectivity index (χ3v) is 4.60. The van der Waals surface area contributed by atoms with E-state index < -0.39 is 11.1 Å². The monoisotopic (exact) mass is 336 g/mol. The van der Waals surface area contributed by atoms with E-state index in [0.29, 0.717) is 36.5 Å². The number of ether oxygens (including phenoxy) is 1. The molecule has 1 N–H and O–H groups in total. The maximum absolute atomic E-state index is 12.2. The highest BCUT2D eigenvalue weighted by molar-refractivity contribution is 6.30. The molecule has 0 saturated carbocycles. The summed E-state index contributed by atoms with van der Waals surface area (Å²) in [5.41, 5.74) is 0.697. The summed E-state index contributed by atoms with van der Waals surface area (Å²) in [5, 5.41) is 3.71. The van der Waals surface area contributed by atoms with Crippen LogP contribution < -0.4 is 5.32 Å². The zero-order valence-corrected chi connectivity index (χ0v) is 14.4. The Morgan fingerprint density at radius 3 is 2.57 bits per heavy atom. The predicted octanol–water partition coefficient (Wildman–Crippen LogP) is 3.31. The van der Waals surface area contributed by atoms with Crippen LogP contribution in [0.3, 0.4) is 0 Å². The van der Waals surface area contributed by atoms with Crippen LogP contribution in [0.15, 0.2) is 18.2 Å². The Kier molecular flexibility index (Phi) is 3.79. The Labute approximate surface area is 140 Å². The number of carbonyl (C=O) groups is 2. The molecule has 0 aromatic heterocycles. The molecule has 2 aliphatic heterocycles. The number of piperidine rings is 1. The molecule has 0 atom stereocenters. The minimum Gasteiger partial charge on any atom is -0.444 e. The lowest BCUT2D eigenvalue weighted by molar-refractivity contribution is 0.0152. The van der Waals surface area contributed by atoms with Crippen molar-refractivity contribution in [2.24, 2.45) is 0 Å². The molecule has 0 aliphatic carbocycles. The van der Waals surface area contributed by atoms with Gasteiger partial charge in [0, 0.05) is 23.7 Å². The lowest BCUT2D eigenvalue weighted by Gasteiger charge is -2.40. The van der Waals surface area contributed by atoms with Gasteiger partial charge in [0.05, 0.1) is 5.54 Å². The van der Waals surface area contributed by atoms with E-state index in [1.54, 1.807) is 17.0 Å². The molecule has 2 aliphatic rings. The average Bonchev–Trinajstić information content (AvgIpc) is 2.70. The molecule has 2 amide bonds. The highest BCUT2D eigenvalue weighted by Gasteiger charge is 2.45. The number of hydrogen-bond acceptors (Lipinski definition) is 3. The van der Waals surface area contributed by atoms with Crippen LogP contribution >= 0.6 is 11.6 Å². The van der Waals surface area contributed by atoms with Crippen LogP contribution in [0.1, 0.15) is 49.5 Å². The summed E-state index contributed by atoms with van der Waals surface area (Å²) >= 11 is 6.10. The van der Waals surface area contributed by atoms with Crippen molar-refractivity contribution in [3.8, 4) is 0 Å². The quantitative estimate of drug-likeness (QED) is 0.790. The smallest absolute Gasteiger partial charge is 0.410 e. The molecule has 2 heterocycles. The summed E-state index contributed by atoms with van der Waals surface area (Å²) in [6, 6.07) is 5.36. The summed E-state index contributed by atoms with van der Waals surface area (Å²) in [4.78, 5) is 26.1. The van der Waals surface area contributed by atoms with Crippen LogP contribution in [-0.2, 0) is 10.3 Å². The fourth-order valence-corrected chi connectivity index (χ4v) is 3.43. The number of halogens is 1. The van der Waals surface area contributed by atoms with Gasteiger partial charge in [-0.05, 0) is 57.4 Å². The first-order valence-electron chi connectivity index (χ1n) is 7.81. The number of benzene rings is 1. The molecule has 1 aromatic rings. The molecular weight excluding hydrogens is 316 g/mol. The first kappa shape index (κ1) is 16.1. The van der Waals surface area contributed by atoms with Gasteiger partial charge in [-0.25, -0.2) is 4.79 Å². The maximum atomic E-state index is 12.2. The Bertz CT molecular complexity index is 658. The van der Waals surface area contributed by atoms with Crippen molar-refractivity contribution in [1.82, 2.24) is 10.2 Å². The zero-order valence-electron chi connectivity index (χ0n) is 13.6. The van der Waals surface area contributed by atoms with Crippen molar-refractivity contribution in [2.45, 2.75) is 44.8 Å². The Morgan fingerprint density at radius 2 is 1.96 bits per heavy atom. The van der Waals surface area contributed by atoms with Crippen LogP contribution in [0.5, 0.6) is 0 Å². The summed E-state index contributed by atoms with van der Waals surface area (Å²) in [6.45, 7) is 6.64. The third kappa shape index (κ3) is 3.02. The van der Waals surface area contributed by atoms with Gasteiger partial charge in [-0.3, -0.25) is 4.79 Å². The number of likely N-dealkylation sites (tertiary alicyclic amines) is 1. The minimum atomic E-state index is -0.506. The second-order valence-electron chi connectivity index (χ2n) is 7.19. The van der Waals surface area contributed by atoms with Gasteiger partial charge in [0.25, 0.3) is 5.91 Å². The van der Waals surface area contributed by atoms with Crippen molar-refractivity contribution >= 4 is 23.6 Å². The van der Waals surface area contributed by atoms with E-state index in [-0.39, 0.29) is 12.0 Å². The van der Waals surface area contributed by atoms with E-state index >= 15 is 0 Å². The van der Waals surface area contributed by atoms with Crippen molar-refractivity contribution in [3.05, 3.63) is 34.3 Å². The van der Waals surface area contributed by atoms with E-state index in [9.17, 15) is 9.59 Å². The Balaban J connectivity index is 1.76. The molecule has 5 nitrogen and oxygen atoms in total. The van der Waals surface area contributed by atoms with E-state index in [4.69, 9.17) is 16.3 Å². The van der Waals surface area contributed by atoms with Crippen molar-refractivity contribution < 1.29 is 14.3 Å². The van der Waals surface area contributed by atoms with E-state index in [1.807, 2.05) is 26.8 Å². The average molecular weight is 337 g/mol. The molecule has 23 heavy (non-hydrogen) atoms. The lowest BCUT2D eigenvalue weighted by atomic mass is 9.82. The second-order valence-corrected chi connectivity index (χ2v) is 7.63. The molecule has 6 heteroatoms. The van der Waals surface area contributed by atoms with Crippen molar-refractivity contribution in [3.63, 3.8) is 0 Å². The number of amides is 2. The number of rotatable bonds is 0. The third-order valence-electron chi connectivity index (χ3n) is 4.36. The molecule has 3 rings (SSSR count). The Morgan fingerprint density at radius 1 is 1.30 bits per heavy atom. The molecular formula is C17H21ClN2O3. The Hall–Kier alpha value is -1.75. The summed E-state index contributed by atoms with van der Waals surface area (Å²) < 4.78 is 5.42. The van der Waals surface area contributed by atoms with Gasteiger partial charge < -0.3 is 15.0 Å². The van der Waals surface area contributed by atoms with Gasteiger partial charge in [-0.15, -0.1) is 0 Å². The standard InChI is InChI=1S/C17H21ClN2O3/c1-16(2,3)23-15(22)20-8-6-17(7-9-20)13-10-11(18)4-5-12(13)14(21)19-17/h4-5,10H,6-9H2,1-3H3,(H,19,21). The molecule has 1 saturated heterocycles. The van der Waals surface area contributed by atoms with Crippen molar-refractivity contribution in [2.75, 3.05) is 13.1 Å². The van der Waals surface area contributed by atoms with Crippen LogP contribution in [0, 0.1) is 0 Å². The normalized spacial score (nSPS) is 19.5. The largest absolute Gasteiger partial charge is 0.444 e. The van der Waals surface area contributed by atoms with Crippen LogP contribution in [0.4, 0.5) is 4.79 Å². The number of nitrogens with one attached hydrogen (secondary N) is 1. The molecule has 1 aromatic carbocycles. The SMILES string of the molecule is CC(C)(C)OC(=O)N1CCC2(CC1)NC(=O)c1ccc(Cl)cc12. The molecule has 1 spiro atoms. The van der Waals surface area contributed by atoms with Gasteiger partial charge in [-0.1, -0.05) is 11.6 Å². The second kappa shape index (κ2) is 5.41. The highest BCUT2D eigenvalue weighted by atomic mass is 35.5. The topological polar surface area (TPSA) is 58.6 Å². The van der Waals surface area contributed by atoms with E-state index in [0.717, 1.165) is 5.56 Å². The van der Waals surface area contributed by atoms with E-state index in [1.165, 1.54) is 0 Å². The lowest BCUT2D eigenvalue weighted by Crippen LogP contribution is -2.51. The number of nitrogens with zero attached hydrogens (tertiary/aromatic N) is 1. The van der Waals surface area contributed by atoms with Crippen LogP contribution in [-0.4, -0.2) is 35.6 Å². The summed E-state index contributed by atoms with van der Waals surface area (Å²) in [7, 11) is 0. The first-order valence-corrected chi connectivity index (χ1v) is 8.18. The number of hydrogen-bond donors (Lipinski definition) is 1. The first-order chi connectivity index (χ1) is 10.7. The van der Waals surface area contributed by atoms with Gasteiger partial charge in [0.2, 0.25) is 0 Å². The molecule has 124 valence electrons. The molecule has 0 bridgehead atoms. The number of fused-ring (bicyclic) bond motifs is 2. The van der Waals surface area contributed by atoms with Crippen LogP contribution in [0.25, 0.3) is 0 Å². The van der Waals surface area contributed by atoms with Gasteiger partial charge in [-0.2, -0.15) is 0 Å². The van der Waals surface area contributed by atoms with Crippen molar-refractivity contribution in [1.29, 1.82) is 0 Å². The minimum absolute atomic E-state index is 0.0672. The van der Waals surface area contributed by atoms with E-state index in [2.05, 4.69) is 5.32 Å². The van der Waals surface area contributed by atoms with Gasteiger partial charge in [0.15, 0.2) is 0 Å². The molecule has 1 fully saturated rings. The van der Waals surface area contributed by atoms with Gasteiger partial charge in [0.1, 0.15) is 5.60 Å².